The van der Waals surface area contributed by atoms with Crippen molar-refractivity contribution in [2.75, 3.05) is 18.4 Å². The van der Waals surface area contributed by atoms with E-state index in [4.69, 9.17) is 0 Å². The number of fused-ring (bicyclic) bond motifs is 3. The van der Waals surface area contributed by atoms with Crippen molar-refractivity contribution < 1.29 is 4.79 Å². The molecule has 4 rings (SSSR count). The summed E-state index contributed by atoms with van der Waals surface area (Å²) in [5.41, 5.74) is 3.49. The SMILES string of the molecule is CCCCCCCCNC(=O)Cn1cc(C[C@@]23CCN[C@@H]2Nc2ccccc23)nn1. The molecule has 3 N–H and O–H groups in total. The Hall–Kier alpha value is -2.41. The number of benzene rings is 1. The van der Waals surface area contributed by atoms with Gasteiger partial charge in [-0.1, -0.05) is 62.4 Å². The van der Waals surface area contributed by atoms with Crippen LogP contribution in [-0.2, 0) is 23.2 Å². The zero-order chi connectivity index (χ0) is 20.8. The first-order chi connectivity index (χ1) is 14.7. The number of unbranched alkanes of at least 4 members (excludes halogenated alkanes) is 5. The Kier molecular flexibility index (Phi) is 6.67. The van der Waals surface area contributed by atoms with Gasteiger partial charge in [-0.15, -0.1) is 5.10 Å². The molecule has 2 atom stereocenters. The molecule has 1 aromatic heterocycles. The van der Waals surface area contributed by atoms with Crippen molar-refractivity contribution in [3.63, 3.8) is 0 Å². The lowest BCUT2D eigenvalue weighted by molar-refractivity contribution is -0.121. The van der Waals surface area contributed by atoms with Crippen LogP contribution in [0, 0.1) is 0 Å². The van der Waals surface area contributed by atoms with Crippen LogP contribution >= 0.6 is 0 Å². The predicted octanol–water partition coefficient (Wildman–Crippen LogP) is 2.98. The number of anilines is 1. The minimum Gasteiger partial charge on any atom is -0.369 e. The summed E-state index contributed by atoms with van der Waals surface area (Å²) in [5, 5.41) is 18.8. The summed E-state index contributed by atoms with van der Waals surface area (Å²) in [5.74, 6) is 0.00598. The van der Waals surface area contributed by atoms with Gasteiger partial charge in [0.25, 0.3) is 0 Å². The lowest BCUT2D eigenvalue weighted by atomic mass is 9.76. The first kappa shape index (κ1) is 20.8. The molecule has 7 heteroatoms. The third-order valence-corrected chi connectivity index (χ3v) is 6.48. The highest BCUT2D eigenvalue weighted by atomic mass is 16.2. The number of hydrogen-bond acceptors (Lipinski definition) is 5. The van der Waals surface area contributed by atoms with E-state index in [-0.39, 0.29) is 24.0 Å². The van der Waals surface area contributed by atoms with Crippen molar-refractivity contribution in [1.82, 2.24) is 25.6 Å². The molecule has 0 radical (unpaired) electrons. The third kappa shape index (κ3) is 4.51. The third-order valence-electron chi connectivity index (χ3n) is 6.48. The lowest BCUT2D eigenvalue weighted by Crippen LogP contribution is -2.42. The molecular weight excluding hydrogens is 376 g/mol. The molecule has 2 aliphatic heterocycles. The number of amides is 1. The van der Waals surface area contributed by atoms with E-state index in [0.717, 1.165) is 38.0 Å². The van der Waals surface area contributed by atoms with Gasteiger partial charge in [0.15, 0.2) is 0 Å². The van der Waals surface area contributed by atoms with Gasteiger partial charge in [0.05, 0.1) is 11.9 Å². The second-order valence-corrected chi connectivity index (χ2v) is 8.69. The molecule has 7 nitrogen and oxygen atoms in total. The summed E-state index contributed by atoms with van der Waals surface area (Å²) in [7, 11) is 0. The van der Waals surface area contributed by atoms with Crippen molar-refractivity contribution in [3.8, 4) is 0 Å². The van der Waals surface area contributed by atoms with Crippen LogP contribution in [0.1, 0.15) is 63.1 Å². The van der Waals surface area contributed by atoms with E-state index < -0.39 is 0 Å². The normalized spacial score (nSPS) is 21.8. The van der Waals surface area contributed by atoms with Gasteiger partial charge >= 0.3 is 0 Å². The van der Waals surface area contributed by atoms with Crippen molar-refractivity contribution in [3.05, 3.63) is 41.7 Å². The Labute approximate surface area is 179 Å². The maximum atomic E-state index is 12.2. The number of carbonyl (C=O) groups excluding carboxylic acids is 1. The van der Waals surface area contributed by atoms with Crippen LogP contribution in [0.5, 0.6) is 0 Å². The minimum absolute atomic E-state index is 0.00249. The van der Waals surface area contributed by atoms with Crippen LogP contribution in [0.3, 0.4) is 0 Å². The second-order valence-electron chi connectivity index (χ2n) is 8.69. The molecule has 0 unspecified atom stereocenters. The molecule has 0 saturated carbocycles. The molecule has 0 aliphatic carbocycles. The van der Waals surface area contributed by atoms with Gasteiger partial charge in [0.2, 0.25) is 5.91 Å². The molecule has 1 aromatic carbocycles. The zero-order valence-electron chi connectivity index (χ0n) is 18.0. The van der Waals surface area contributed by atoms with Gasteiger partial charge in [-0.2, -0.15) is 0 Å². The quantitative estimate of drug-likeness (QED) is 0.496. The molecule has 1 saturated heterocycles. The van der Waals surface area contributed by atoms with Crippen LogP contribution in [-0.4, -0.2) is 40.2 Å². The summed E-state index contributed by atoms with van der Waals surface area (Å²) >= 11 is 0. The van der Waals surface area contributed by atoms with E-state index in [0.29, 0.717) is 0 Å². The van der Waals surface area contributed by atoms with Crippen LogP contribution in [0.15, 0.2) is 30.5 Å². The van der Waals surface area contributed by atoms with Gasteiger partial charge in [0.1, 0.15) is 6.54 Å². The highest BCUT2D eigenvalue weighted by Gasteiger charge is 2.50. The molecule has 1 amide bonds. The molecule has 0 spiro atoms. The molecule has 162 valence electrons. The second kappa shape index (κ2) is 9.60. The fourth-order valence-electron chi connectivity index (χ4n) is 4.90. The maximum absolute atomic E-state index is 12.2. The monoisotopic (exact) mass is 410 g/mol. The number of carbonyl (C=O) groups is 1. The number of nitrogens with zero attached hydrogens (tertiary/aromatic N) is 3. The Bertz CT molecular complexity index is 850. The first-order valence-electron chi connectivity index (χ1n) is 11.5. The molecule has 30 heavy (non-hydrogen) atoms. The maximum Gasteiger partial charge on any atom is 0.241 e. The van der Waals surface area contributed by atoms with Crippen molar-refractivity contribution in [2.24, 2.45) is 0 Å². The Morgan fingerprint density at radius 2 is 2.07 bits per heavy atom. The van der Waals surface area contributed by atoms with Gasteiger partial charge in [-0.05, 0) is 31.0 Å². The summed E-state index contributed by atoms with van der Waals surface area (Å²) < 4.78 is 1.66. The molecule has 2 aliphatic rings. The zero-order valence-corrected chi connectivity index (χ0v) is 18.0. The Morgan fingerprint density at radius 1 is 1.23 bits per heavy atom. The first-order valence-corrected chi connectivity index (χ1v) is 11.5. The van der Waals surface area contributed by atoms with Crippen LogP contribution < -0.4 is 16.0 Å². The molecule has 2 aromatic rings. The summed E-state index contributed by atoms with van der Waals surface area (Å²) in [6.07, 6.45) is 11.4. The van der Waals surface area contributed by atoms with Crippen molar-refractivity contribution in [1.29, 1.82) is 0 Å². The summed E-state index contributed by atoms with van der Waals surface area (Å²) in [6, 6.07) is 8.53. The number of aromatic nitrogens is 3. The van der Waals surface area contributed by atoms with Crippen LogP contribution in [0.4, 0.5) is 5.69 Å². The highest BCUT2D eigenvalue weighted by molar-refractivity contribution is 5.75. The van der Waals surface area contributed by atoms with Gasteiger partial charge in [-0.3, -0.25) is 10.1 Å². The van der Waals surface area contributed by atoms with Gasteiger partial charge in [0, 0.05) is 30.3 Å². The fourth-order valence-corrected chi connectivity index (χ4v) is 4.90. The van der Waals surface area contributed by atoms with E-state index in [9.17, 15) is 4.79 Å². The van der Waals surface area contributed by atoms with E-state index in [1.807, 2.05) is 6.20 Å². The lowest BCUT2D eigenvalue weighted by Gasteiger charge is -2.28. The number of nitrogens with one attached hydrogen (secondary N) is 3. The van der Waals surface area contributed by atoms with Crippen molar-refractivity contribution >= 4 is 11.6 Å². The Balaban J connectivity index is 1.28. The average Bonchev–Trinajstić information content (AvgIpc) is 3.42. The summed E-state index contributed by atoms with van der Waals surface area (Å²) in [6.45, 7) is 4.18. The van der Waals surface area contributed by atoms with E-state index in [1.165, 1.54) is 43.4 Å². The standard InChI is InChI=1S/C23H34N6O/c1-2-3-4-5-6-9-13-24-21(30)17-29-16-18(27-28-29)15-23-12-14-25-22(23)26-20-11-8-7-10-19(20)23/h7-8,10-11,16,22,25-26H,2-6,9,12-15,17H2,1H3,(H,24,30)/t22-,23-/m1/s1. The van der Waals surface area contributed by atoms with E-state index in [2.05, 4.69) is 57.5 Å². The number of hydrogen-bond donors (Lipinski definition) is 3. The molecule has 3 heterocycles. The molecule has 1 fully saturated rings. The van der Waals surface area contributed by atoms with Crippen LogP contribution in [0.2, 0.25) is 0 Å². The topological polar surface area (TPSA) is 83.9 Å². The summed E-state index contributed by atoms with van der Waals surface area (Å²) in [4.78, 5) is 12.2. The van der Waals surface area contributed by atoms with E-state index in [1.54, 1.807) is 4.68 Å². The minimum atomic E-state index is -0.00249. The fraction of sp³-hybridized carbons (Fsp3) is 0.609. The van der Waals surface area contributed by atoms with Gasteiger partial charge < -0.3 is 10.6 Å². The molecular formula is C23H34N6O. The van der Waals surface area contributed by atoms with Crippen LogP contribution in [0.25, 0.3) is 0 Å². The number of para-hydroxylation sites is 1. The smallest absolute Gasteiger partial charge is 0.241 e. The van der Waals surface area contributed by atoms with Gasteiger partial charge in [-0.25, -0.2) is 4.68 Å². The molecule has 0 bridgehead atoms. The van der Waals surface area contributed by atoms with Crippen molar-refractivity contribution in [2.45, 2.75) is 76.4 Å². The Morgan fingerprint density at radius 3 is 2.97 bits per heavy atom. The van der Waals surface area contributed by atoms with E-state index >= 15 is 0 Å². The average molecular weight is 411 g/mol. The largest absolute Gasteiger partial charge is 0.369 e. The number of rotatable bonds is 11. The predicted molar refractivity (Wildman–Crippen MR) is 118 cm³/mol. The highest BCUT2D eigenvalue weighted by Crippen LogP contribution is 2.46.